The summed E-state index contributed by atoms with van der Waals surface area (Å²) in [5, 5.41) is 0. The maximum atomic E-state index is 12.3. The maximum absolute atomic E-state index is 12.3. The first-order chi connectivity index (χ1) is 11.9. The molecule has 0 aromatic heterocycles. The molecular weight excluding hydrogens is 314 g/mol. The van der Waals surface area contributed by atoms with E-state index in [1.165, 1.54) is 5.56 Å². The molecule has 1 aromatic rings. The molecule has 0 N–H and O–H groups in total. The first kappa shape index (κ1) is 19.8. The number of nitrogens with zero attached hydrogens (tertiary/aromatic N) is 1. The van der Waals surface area contributed by atoms with Crippen LogP contribution in [-0.2, 0) is 10.2 Å². The van der Waals surface area contributed by atoms with Crippen molar-refractivity contribution in [3.05, 3.63) is 23.8 Å². The molecule has 1 unspecified atom stereocenters. The zero-order valence-corrected chi connectivity index (χ0v) is 16.8. The van der Waals surface area contributed by atoms with Crippen LogP contribution in [0.25, 0.3) is 0 Å². The Labute approximate surface area is 152 Å². The molecule has 1 aliphatic heterocycles. The normalized spacial score (nSPS) is 28.0. The van der Waals surface area contributed by atoms with Crippen LogP contribution < -0.4 is 9.47 Å². The lowest BCUT2D eigenvalue weighted by molar-refractivity contribution is -0.128. The molecule has 1 saturated carbocycles. The Morgan fingerprint density at radius 1 is 1.12 bits per heavy atom. The lowest BCUT2D eigenvalue weighted by atomic mass is 9.52. The second-order valence-electron chi connectivity index (χ2n) is 7.59. The van der Waals surface area contributed by atoms with Gasteiger partial charge in [0.1, 0.15) is 5.78 Å². The molecule has 0 radical (unpaired) electrons. The summed E-state index contributed by atoms with van der Waals surface area (Å²) < 4.78 is 10.9. The van der Waals surface area contributed by atoms with Crippen LogP contribution in [0.3, 0.4) is 0 Å². The Morgan fingerprint density at radius 3 is 2.36 bits per heavy atom. The van der Waals surface area contributed by atoms with Gasteiger partial charge in [-0.1, -0.05) is 33.8 Å². The van der Waals surface area contributed by atoms with Gasteiger partial charge >= 0.3 is 0 Å². The third kappa shape index (κ3) is 3.05. The van der Waals surface area contributed by atoms with Crippen LogP contribution in [0.15, 0.2) is 18.2 Å². The fourth-order valence-corrected chi connectivity index (χ4v) is 4.95. The largest absolute Gasteiger partial charge is 0.493 e. The quantitative estimate of drug-likeness (QED) is 0.826. The molecule has 0 bridgehead atoms. The van der Waals surface area contributed by atoms with E-state index in [1.54, 1.807) is 14.2 Å². The standard InChI is InChI=1S/C19H27NO3.C2H6/c1-18(2)12-14(21)11-17-19(18,8-9-20(17)3)13-6-7-15(22-4)16(10-13)23-5;1-2/h6-7,10,17H,8-9,11-12H2,1-5H3;1-2H3/t17?,19-;/m1./s1. The van der Waals surface area contributed by atoms with Gasteiger partial charge in [-0.15, -0.1) is 0 Å². The van der Waals surface area contributed by atoms with Crippen molar-refractivity contribution >= 4 is 5.78 Å². The molecule has 1 aliphatic carbocycles. The average Bonchev–Trinajstić information content (AvgIpc) is 2.94. The fourth-order valence-electron chi connectivity index (χ4n) is 4.95. The van der Waals surface area contributed by atoms with Crippen LogP contribution in [0, 0.1) is 5.41 Å². The Bertz CT molecular complexity index is 626. The number of carbonyl (C=O) groups is 1. The number of ether oxygens (including phenoxy) is 2. The molecule has 0 spiro atoms. The molecule has 4 nitrogen and oxygen atoms in total. The molecule has 2 fully saturated rings. The van der Waals surface area contributed by atoms with Gasteiger partial charge < -0.3 is 14.4 Å². The monoisotopic (exact) mass is 347 g/mol. The predicted octanol–water partition coefficient (Wildman–Crippen LogP) is 4.06. The minimum Gasteiger partial charge on any atom is -0.493 e. The molecule has 140 valence electrons. The number of hydrogen-bond acceptors (Lipinski definition) is 4. The Balaban J connectivity index is 0.00000109. The van der Waals surface area contributed by atoms with Gasteiger partial charge in [0, 0.05) is 24.3 Å². The summed E-state index contributed by atoms with van der Waals surface area (Å²) in [6.07, 6.45) is 2.36. The van der Waals surface area contributed by atoms with E-state index in [4.69, 9.17) is 9.47 Å². The number of likely N-dealkylation sites (tertiary alicyclic amines) is 1. The minimum atomic E-state index is -0.0721. The number of ketones is 1. The van der Waals surface area contributed by atoms with E-state index in [1.807, 2.05) is 19.9 Å². The first-order valence-corrected chi connectivity index (χ1v) is 9.30. The van der Waals surface area contributed by atoms with Crippen molar-refractivity contribution in [2.45, 2.75) is 58.4 Å². The Morgan fingerprint density at radius 2 is 1.76 bits per heavy atom. The average molecular weight is 347 g/mol. The summed E-state index contributed by atoms with van der Waals surface area (Å²) in [5.74, 6) is 1.89. The van der Waals surface area contributed by atoms with Crippen molar-refractivity contribution in [3.8, 4) is 11.5 Å². The van der Waals surface area contributed by atoms with Gasteiger partial charge in [0.2, 0.25) is 0 Å². The van der Waals surface area contributed by atoms with Crippen LogP contribution in [0.4, 0.5) is 0 Å². The molecule has 0 amide bonds. The van der Waals surface area contributed by atoms with Gasteiger partial charge in [-0.25, -0.2) is 0 Å². The molecule has 2 aliphatic rings. The van der Waals surface area contributed by atoms with Gasteiger partial charge in [0.05, 0.1) is 14.2 Å². The zero-order chi connectivity index (χ0) is 18.8. The Kier molecular flexibility index (Phi) is 5.82. The van der Waals surface area contributed by atoms with Crippen molar-refractivity contribution < 1.29 is 14.3 Å². The van der Waals surface area contributed by atoms with E-state index in [2.05, 4.69) is 37.9 Å². The second-order valence-corrected chi connectivity index (χ2v) is 7.59. The highest BCUT2D eigenvalue weighted by molar-refractivity contribution is 5.82. The van der Waals surface area contributed by atoms with E-state index in [9.17, 15) is 4.79 Å². The van der Waals surface area contributed by atoms with Crippen molar-refractivity contribution in [2.24, 2.45) is 5.41 Å². The topological polar surface area (TPSA) is 38.8 Å². The molecule has 2 atom stereocenters. The first-order valence-electron chi connectivity index (χ1n) is 9.30. The smallest absolute Gasteiger partial charge is 0.161 e. The van der Waals surface area contributed by atoms with Crippen molar-refractivity contribution in [2.75, 3.05) is 27.8 Å². The predicted molar refractivity (Wildman–Crippen MR) is 102 cm³/mol. The van der Waals surface area contributed by atoms with Crippen molar-refractivity contribution in [3.63, 3.8) is 0 Å². The number of rotatable bonds is 3. The number of methoxy groups -OCH3 is 2. The molecule has 1 aromatic carbocycles. The lowest BCUT2D eigenvalue weighted by Crippen LogP contribution is -2.56. The highest BCUT2D eigenvalue weighted by Gasteiger charge is 2.59. The van der Waals surface area contributed by atoms with Crippen LogP contribution >= 0.6 is 0 Å². The Hall–Kier alpha value is -1.55. The van der Waals surface area contributed by atoms with Crippen LogP contribution in [0.1, 0.15) is 52.5 Å². The molecule has 3 rings (SSSR count). The third-order valence-corrected chi connectivity index (χ3v) is 6.13. The van der Waals surface area contributed by atoms with E-state index < -0.39 is 0 Å². The van der Waals surface area contributed by atoms with Gasteiger partial charge in [-0.3, -0.25) is 4.79 Å². The summed E-state index contributed by atoms with van der Waals surface area (Å²) in [4.78, 5) is 14.6. The molecule has 4 heteroatoms. The van der Waals surface area contributed by atoms with Gasteiger partial charge in [0.25, 0.3) is 0 Å². The lowest BCUT2D eigenvalue weighted by Gasteiger charge is -2.52. The summed E-state index contributed by atoms with van der Waals surface area (Å²) >= 11 is 0. The van der Waals surface area contributed by atoms with Gasteiger partial charge in [-0.2, -0.15) is 0 Å². The van der Waals surface area contributed by atoms with Crippen LogP contribution in [0.5, 0.6) is 11.5 Å². The van der Waals surface area contributed by atoms with E-state index in [0.717, 1.165) is 24.5 Å². The van der Waals surface area contributed by atoms with E-state index in [-0.39, 0.29) is 16.9 Å². The minimum absolute atomic E-state index is 0.0186. The number of benzene rings is 1. The maximum Gasteiger partial charge on any atom is 0.161 e. The SMILES string of the molecule is CC.COc1ccc([C@]23CCN(C)C2CC(=O)CC3(C)C)cc1OC. The number of hydrogen-bond donors (Lipinski definition) is 0. The summed E-state index contributed by atoms with van der Waals surface area (Å²) in [7, 11) is 5.47. The number of likely N-dealkylation sites (N-methyl/N-ethyl adjacent to an activating group) is 1. The van der Waals surface area contributed by atoms with Crippen LogP contribution in [-0.4, -0.2) is 44.5 Å². The summed E-state index contributed by atoms with van der Waals surface area (Å²) in [6.45, 7) is 9.51. The van der Waals surface area contributed by atoms with E-state index in [0.29, 0.717) is 18.6 Å². The highest BCUT2D eigenvalue weighted by atomic mass is 16.5. The van der Waals surface area contributed by atoms with Crippen molar-refractivity contribution in [1.29, 1.82) is 0 Å². The summed E-state index contributed by atoms with van der Waals surface area (Å²) in [5.41, 5.74) is 1.18. The molecular formula is C21H33NO3. The molecule has 25 heavy (non-hydrogen) atoms. The molecule has 1 heterocycles. The molecule has 1 saturated heterocycles. The van der Waals surface area contributed by atoms with Gasteiger partial charge in [-0.05, 0) is 43.1 Å². The van der Waals surface area contributed by atoms with Crippen molar-refractivity contribution in [1.82, 2.24) is 4.90 Å². The number of carbonyl (C=O) groups excluding carboxylic acids is 1. The highest BCUT2D eigenvalue weighted by Crippen LogP contribution is 2.58. The zero-order valence-electron chi connectivity index (χ0n) is 16.8. The summed E-state index contributed by atoms with van der Waals surface area (Å²) in [6, 6.07) is 6.52. The number of Topliss-reactive ketones (excluding diaryl/α,β-unsaturated/α-hetero) is 1. The second kappa shape index (κ2) is 7.36. The fraction of sp³-hybridized carbons (Fsp3) is 0.667. The number of fused-ring (bicyclic) bond motifs is 1. The third-order valence-electron chi connectivity index (χ3n) is 6.13. The van der Waals surface area contributed by atoms with Crippen LogP contribution in [0.2, 0.25) is 0 Å². The van der Waals surface area contributed by atoms with Gasteiger partial charge in [0.15, 0.2) is 11.5 Å². The van der Waals surface area contributed by atoms with E-state index >= 15 is 0 Å².